The molecule has 3 rings (SSSR count). The SMILES string of the molecule is c1cc2c(cc1OC1CCSC1)CNCC2. The van der Waals surface area contributed by atoms with E-state index < -0.39 is 0 Å². The Morgan fingerprint density at radius 2 is 2.31 bits per heavy atom. The molecule has 2 nitrogen and oxygen atoms in total. The van der Waals surface area contributed by atoms with Gasteiger partial charge in [-0.1, -0.05) is 6.07 Å². The fourth-order valence-corrected chi connectivity index (χ4v) is 3.42. The first-order chi connectivity index (χ1) is 7.92. The zero-order valence-corrected chi connectivity index (χ0v) is 10.2. The summed E-state index contributed by atoms with van der Waals surface area (Å²) in [5, 5.41) is 3.40. The van der Waals surface area contributed by atoms with Gasteiger partial charge < -0.3 is 10.1 Å². The Labute approximate surface area is 101 Å². The van der Waals surface area contributed by atoms with E-state index in [4.69, 9.17) is 4.74 Å². The Kier molecular flexibility index (Phi) is 3.06. The van der Waals surface area contributed by atoms with Crippen molar-refractivity contribution in [2.45, 2.75) is 25.5 Å². The highest BCUT2D eigenvalue weighted by molar-refractivity contribution is 7.99. The van der Waals surface area contributed by atoms with Crippen molar-refractivity contribution in [3.8, 4) is 5.75 Å². The van der Waals surface area contributed by atoms with Gasteiger partial charge in [-0.25, -0.2) is 0 Å². The van der Waals surface area contributed by atoms with Crippen molar-refractivity contribution in [1.82, 2.24) is 5.32 Å². The van der Waals surface area contributed by atoms with Gasteiger partial charge in [0.1, 0.15) is 11.9 Å². The molecule has 0 radical (unpaired) electrons. The topological polar surface area (TPSA) is 21.3 Å². The maximum atomic E-state index is 5.99. The number of hydrogen-bond acceptors (Lipinski definition) is 3. The quantitative estimate of drug-likeness (QED) is 0.849. The van der Waals surface area contributed by atoms with E-state index >= 15 is 0 Å². The van der Waals surface area contributed by atoms with Crippen LogP contribution in [0, 0.1) is 0 Å². The minimum Gasteiger partial charge on any atom is -0.490 e. The Morgan fingerprint density at radius 1 is 1.31 bits per heavy atom. The van der Waals surface area contributed by atoms with E-state index in [2.05, 4.69) is 23.5 Å². The second-order valence-corrected chi connectivity index (χ2v) is 5.61. The van der Waals surface area contributed by atoms with Gasteiger partial charge in [-0.3, -0.25) is 0 Å². The summed E-state index contributed by atoms with van der Waals surface area (Å²) < 4.78 is 5.99. The molecule has 2 aliphatic heterocycles. The summed E-state index contributed by atoms with van der Waals surface area (Å²) in [7, 11) is 0. The van der Waals surface area contributed by atoms with E-state index in [1.165, 1.54) is 23.3 Å². The molecule has 0 amide bonds. The molecule has 1 atom stereocenters. The average Bonchev–Trinajstić information content (AvgIpc) is 2.82. The average molecular weight is 235 g/mol. The van der Waals surface area contributed by atoms with E-state index in [0.29, 0.717) is 6.10 Å². The van der Waals surface area contributed by atoms with Crippen molar-refractivity contribution in [3.63, 3.8) is 0 Å². The number of ether oxygens (including phenoxy) is 1. The van der Waals surface area contributed by atoms with E-state index in [1.54, 1.807) is 0 Å². The van der Waals surface area contributed by atoms with Crippen LogP contribution in [0.3, 0.4) is 0 Å². The highest BCUT2D eigenvalue weighted by Gasteiger charge is 2.17. The summed E-state index contributed by atoms with van der Waals surface area (Å²) in [6, 6.07) is 6.57. The molecule has 16 heavy (non-hydrogen) atoms. The zero-order chi connectivity index (χ0) is 10.8. The minimum absolute atomic E-state index is 0.430. The molecule has 0 aliphatic carbocycles. The molecule has 0 bridgehead atoms. The molecule has 0 aromatic heterocycles. The summed E-state index contributed by atoms with van der Waals surface area (Å²) in [5.74, 6) is 3.45. The first-order valence-corrected chi connectivity index (χ1v) is 7.14. The largest absolute Gasteiger partial charge is 0.490 e. The van der Waals surface area contributed by atoms with Crippen LogP contribution in [0.25, 0.3) is 0 Å². The monoisotopic (exact) mass is 235 g/mol. The summed E-state index contributed by atoms with van der Waals surface area (Å²) in [6.45, 7) is 2.10. The van der Waals surface area contributed by atoms with Crippen molar-refractivity contribution in [3.05, 3.63) is 29.3 Å². The Bertz CT molecular complexity index is 374. The van der Waals surface area contributed by atoms with Crippen LogP contribution in [0.15, 0.2) is 18.2 Å². The van der Waals surface area contributed by atoms with Crippen molar-refractivity contribution in [2.24, 2.45) is 0 Å². The molecule has 1 N–H and O–H groups in total. The third-order valence-corrected chi connectivity index (χ3v) is 4.39. The molecule has 0 saturated carbocycles. The first-order valence-electron chi connectivity index (χ1n) is 5.99. The van der Waals surface area contributed by atoms with Crippen LogP contribution in [-0.4, -0.2) is 24.2 Å². The van der Waals surface area contributed by atoms with Crippen LogP contribution < -0.4 is 10.1 Å². The summed E-state index contributed by atoms with van der Waals surface area (Å²) >= 11 is 1.99. The van der Waals surface area contributed by atoms with Crippen molar-refractivity contribution in [2.75, 3.05) is 18.1 Å². The van der Waals surface area contributed by atoms with Gasteiger partial charge in [-0.2, -0.15) is 11.8 Å². The van der Waals surface area contributed by atoms with Gasteiger partial charge >= 0.3 is 0 Å². The van der Waals surface area contributed by atoms with Crippen LogP contribution >= 0.6 is 11.8 Å². The van der Waals surface area contributed by atoms with Crippen LogP contribution in [0.5, 0.6) is 5.75 Å². The zero-order valence-electron chi connectivity index (χ0n) is 9.37. The van der Waals surface area contributed by atoms with E-state index in [-0.39, 0.29) is 0 Å². The van der Waals surface area contributed by atoms with Gasteiger partial charge in [0, 0.05) is 12.3 Å². The number of benzene rings is 1. The van der Waals surface area contributed by atoms with Gasteiger partial charge in [0.2, 0.25) is 0 Å². The third kappa shape index (κ3) is 2.20. The number of thioether (sulfide) groups is 1. The summed E-state index contributed by atoms with van der Waals surface area (Å²) in [6.07, 6.45) is 2.77. The van der Waals surface area contributed by atoms with Gasteiger partial charge in [-0.15, -0.1) is 0 Å². The van der Waals surface area contributed by atoms with Crippen LogP contribution in [-0.2, 0) is 13.0 Å². The fourth-order valence-electron chi connectivity index (χ4n) is 2.33. The molecule has 2 heterocycles. The molecule has 2 aliphatic rings. The van der Waals surface area contributed by atoms with Crippen molar-refractivity contribution < 1.29 is 4.74 Å². The lowest BCUT2D eigenvalue weighted by Crippen LogP contribution is -2.23. The second-order valence-electron chi connectivity index (χ2n) is 4.46. The van der Waals surface area contributed by atoms with Gasteiger partial charge in [0.25, 0.3) is 0 Å². The number of fused-ring (bicyclic) bond motifs is 1. The molecule has 86 valence electrons. The van der Waals surface area contributed by atoms with Crippen LogP contribution in [0.4, 0.5) is 0 Å². The molecular weight excluding hydrogens is 218 g/mol. The van der Waals surface area contributed by atoms with Gasteiger partial charge in [0.15, 0.2) is 0 Å². The molecule has 0 spiro atoms. The lowest BCUT2D eigenvalue weighted by atomic mass is 10.0. The summed E-state index contributed by atoms with van der Waals surface area (Å²) in [4.78, 5) is 0. The fraction of sp³-hybridized carbons (Fsp3) is 0.538. The Hall–Kier alpha value is -0.670. The molecule has 1 aromatic rings. The summed E-state index contributed by atoms with van der Waals surface area (Å²) in [5.41, 5.74) is 2.89. The maximum Gasteiger partial charge on any atom is 0.120 e. The molecule has 1 aromatic carbocycles. The molecule has 3 heteroatoms. The minimum atomic E-state index is 0.430. The standard InChI is InChI=1S/C13H17NOS/c1-2-12(15-13-4-6-16-9-13)7-11-8-14-5-3-10(1)11/h1-2,7,13-14H,3-6,8-9H2. The Morgan fingerprint density at radius 3 is 3.19 bits per heavy atom. The van der Waals surface area contributed by atoms with Crippen molar-refractivity contribution >= 4 is 11.8 Å². The molecular formula is C13H17NOS. The Balaban J connectivity index is 1.74. The van der Waals surface area contributed by atoms with Crippen LogP contribution in [0.1, 0.15) is 17.5 Å². The maximum absolute atomic E-state index is 5.99. The van der Waals surface area contributed by atoms with Crippen LogP contribution in [0.2, 0.25) is 0 Å². The van der Waals surface area contributed by atoms with Gasteiger partial charge in [-0.05, 0) is 48.4 Å². The lowest BCUT2D eigenvalue weighted by Gasteiger charge is -2.19. The predicted molar refractivity (Wildman–Crippen MR) is 68.2 cm³/mol. The van der Waals surface area contributed by atoms with E-state index in [9.17, 15) is 0 Å². The highest BCUT2D eigenvalue weighted by Crippen LogP contribution is 2.25. The van der Waals surface area contributed by atoms with Gasteiger partial charge in [0.05, 0.1) is 0 Å². The number of hydrogen-bond donors (Lipinski definition) is 1. The lowest BCUT2D eigenvalue weighted by molar-refractivity contribution is 0.229. The first kappa shape index (κ1) is 10.5. The smallest absolute Gasteiger partial charge is 0.120 e. The van der Waals surface area contributed by atoms with Crippen molar-refractivity contribution in [1.29, 1.82) is 0 Å². The second kappa shape index (κ2) is 4.68. The highest BCUT2D eigenvalue weighted by atomic mass is 32.2. The van der Waals surface area contributed by atoms with E-state index in [1.807, 2.05) is 11.8 Å². The normalized spacial score (nSPS) is 24.1. The predicted octanol–water partition coefficient (Wildman–Crippen LogP) is 2.22. The molecule has 1 unspecified atom stereocenters. The number of nitrogens with one attached hydrogen (secondary N) is 1. The molecule has 1 fully saturated rings. The number of rotatable bonds is 2. The third-order valence-electron chi connectivity index (χ3n) is 3.25. The molecule has 1 saturated heterocycles. The van der Waals surface area contributed by atoms with E-state index in [0.717, 1.165) is 31.0 Å².